The van der Waals surface area contributed by atoms with Gasteiger partial charge in [-0.1, -0.05) is 38.0 Å². The van der Waals surface area contributed by atoms with E-state index in [1.807, 2.05) is 48.5 Å². The molecule has 2 aliphatic rings. The number of aliphatic hydroxyl groups is 2. The van der Waals surface area contributed by atoms with Crippen LogP contribution in [0.4, 0.5) is 0 Å². The topological polar surface area (TPSA) is 66.5 Å². The maximum absolute atomic E-state index is 10.3. The molecule has 2 N–H and O–H groups in total. The summed E-state index contributed by atoms with van der Waals surface area (Å²) in [6, 6.07) is 18.5. The van der Waals surface area contributed by atoms with E-state index in [4.69, 9.17) is 4.42 Å². The Kier molecular flexibility index (Phi) is 8.46. The zero-order chi connectivity index (χ0) is 21.1. The molecule has 0 aliphatic heterocycles. The average molecular weight is 599 g/mol. The Bertz CT molecular complexity index is 909. The van der Waals surface area contributed by atoms with Crippen LogP contribution in [0.25, 0.3) is 22.6 Å². The maximum atomic E-state index is 10.3. The number of oxazole rings is 1. The van der Waals surface area contributed by atoms with Crippen molar-refractivity contribution in [2.45, 2.75) is 58.2 Å². The van der Waals surface area contributed by atoms with E-state index in [1.54, 1.807) is 0 Å². The Balaban J connectivity index is 0.000000170. The molecule has 1 heterocycles. The van der Waals surface area contributed by atoms with Crippen LogP contribution in [-0.4, -0.2) is 27.4 Å². The van der Waals surface area contributed by atoms with Gasteiger partial charge in [-0.15, -0.1) is 30.3 Å². The van der Waals surface area contributed by atoms with E-state index >= 15 is 0 Å². The van der Waals surface area contributed by atoms with Gasteiger partial charge in [0.15, 0.2) is 0 Å². The van der Waals surface area contributed by atoms with Gasteiger partial charge in [0, 0.05) is 26.0 Å². The number of hydrogen-bond donors (Lipinski definition) is 2. The zero-order valence-electron chi connectivity index (χ0n) is 18.2. The molecule has 5 heteroatoms. The van der Waals surface area contributed by atoms with Crippen molar-refractivity contribution in [3.05, 3.63) is 54.6 Å². The third-order valence-electron chi connectivity index (χ3n) is 6.86. The van der Waals surface area contributed by atoms with Crippen LogP contribution in [0.1, 0.15) is 46.0 Å². The Labute approximate surface area is 198 Å². The summed E-state index contributed by atoms with van der Waals surface area (Å²) in [5.74, 6) is 2.31. The minimum absolute atomic E-state index is 0. The van der Waals surface area contributed by atoms with Gasteiger partial charge < -0.3 is 14.6 Å². The van der Waals surface area contributed by atoms with Gasteiger partial charge in [-0.3, -0.25) is 4.98 Å². The first-order chi connectivity index (χ1) is 14.5. The molecule has 2 aliphatic carbocycles. The van der Waals surface area contributed by atoms with Crippen molar-refractivity contribution in [3.8, 4) is 11.5 Å². The molecule has 3 aromatic rings. The Morgan fingerprint density at radius 2 is 1.77 bits per heavy atom. The Morgan fingerprint density at radius 3 is 2.48 bits per heavy atom. The van der Waals surface area contributed by atoms with Crippen molar-refractivity contribution in [2.75, 3.05) is 0 Å². The molecule has 5 atom stereocenters. The van der Waals surface area contributed by atoms with E-state index in [0.29, 0.717) is 23.6 Å². The summed E-state index contributed by atoms with van der Waals surface area (Å²) in [5.41, 5.74) is 2.57. The molecule has 1 radical (unpaired) electrons. The Morgan fingerprint density at radius 1 is 1.00 bits per heavy atom. The number of rotatable bonds is 2. The summed E-state index contributed by atoms with van der Waals surface area (Å²) in [6.07, 6.45) is 5.09. The fourth-order valence-corrected chi connectivity index (χ4v) is 5.24. The molecule has 0 spiro atoms. The molecule has 5 unspecified atom stereocenters. The molecule has 0 amide bonds. The number of nitrogens with zero attached hydrogens (tertiary/aromatic N) is 1. The first-order valence-corrected chi connectivity index (χ1v) is 11.2. The minimum atomic E-state index is -0.265. The van der Waals surface area contributed by atoms with Crippen LogP contribution in [0.5, 0.6) is 0 Å². The third-order valence-corrected chi connectivity index (χ3v) is 6.86. The number of fused-ring (bicyclic) bond motifs is 2. The van der Waals surface area contributed by atoms with Crippen LogP contribution in [0.3, 0.4) is 0 Å². The van der Waals surface area contributed by atoms with E-state index < -0.39 is 0 Å². The van der Waals surface area contributed by atoms with Crippen LogP contribution in [0.2, 0.25) is 0 Å². The molecule has 169 valence electrons. The Hall–Kier alpha value is -1.52. The van der Waals surface area contributed by atoms with Crippen molar-refractivity contribution < 1.29 is 34.7 Å². The molecule has 0 saturated heterocycles. The largest absolute Gasteiger partial charge is 0.481 e. The number of aromatic nitrogens is 1. The van der Waals surface area contributed by atoms with Crippen molar-refractivity contribution in [2.24, 2.45) is 23.7 Å². The number of benzene rings is 2. The molecule has 5 rings (SSSR count). The predicted octanol–water partition coefficient (Wildman–Crippen LogP) is 5.48. The van der Waals surface area contributed by atoms with Crippen molar-refractivity contribution in [1.29, 1.82) is 0 Å². The van der Waals surface area contributed by atoms with Crippen molar-refractivity contribution in [3.63, 3.8) is 0 Å². The average Bonchev–Trinajstić information content (AvgIpc) is 3.19. The molecule has 1 aromatic heterocycles. The first kappa shape index (κ1) is 24.1. The number of hydrogen-bond acceptors (Lipinski definition) is 4. The SMILES string of the molecule is CC(C)C1CCC2CCCC(O)C2C1O.[Ir].[c-]1ccccc1-c1nc2ccccc2o1. The van der Waals surface area contributed by atoms with Gasteiger partial charge in [0.2, 0.25) is 0 Å². The van der Waals surface area contributed by atoms with Gasteiger partial charge in [0.25, 0.3) is 0 Å². The summed E-state index contributed by atoms with van der Waals surface area (Å²) < 4.78 is 5.61. The van der Waals surface area contributed by atoms with Gasteiger partial charge in [0.05, 0.1) is 17.7 Å². The standard InChI is InChI=1S/C13H8NO.C13H24O2.Ir/c1-2-6-10(7-3-1)13-14-11-8-4-5-9-12(11)15-13;1-8(2)10-7-6-9-4-3-5-11(14)12(9)13(10)15;/h1-6,8-9H;8-15H,3-7H2,1-2H3;/q-1;;. The molecule has 2 aromatic carbocycles. The third kappa shape index (κ3) is 5.46. The molecule has 2 fully saturated rings. The fraction of sp³-hybridized carbons (Fsp3) is 0.500. The molecular formula is C26H32IrNO3-. The van der Waals surface area contributed by atoms with Gasteiger partial charge in [-0.05, 0) is 55.6 Å². The zero-order valence-corrected chi connectivity index (χ0v) is 20.6. The van der Waals surface area contributed by atoms with Crippen LogP contribution in [0.15, 0.2) is 52.9 Å². The van der Waals surface area contributed by atoms with Gasteiger partial charge in [-0.25, -0.2) is 0 Å². The van der Waals surface area contributed by atoms with E-state index in [-0.39, 0.29) is 38.2 Å². The van der Waals surface area contributed by atoms with E-state index in [9.17, 15) is 10.2 Å². The number of aliphatic hydroxyl groups excluding tert-OH is 2. The van der Waals surface area contributed by atoms with Crippen LogP contribution in [0, 0.1) is 29.7 Å². The molecule has 2 saturated carbocycles. The van der Waals surface area contributed by atoms with E-state index in [0.717, 1.165) is 35.9 Å². The smallest absolute Gasteiger partial charge is 0.141 e. The van der Waals surface area contributed by atoms with E-state index in [2.05, 4.69) is 24.9 Å². The van der Waals surface area contributed by atoms with Crippen molar-refractivity contribution >= 4 is 11.1 Å². The van der Waals surface area contributed by atoms with Crippen LogP contribution < -0.4 is 0 Å². The van der Waals surface area contributed by atoms with E-state index in [1.165, 1.54) is 12.8 Å². The first-order valence-electron chi connectivity index (χ1n) is 11.2. The minimum Gasteiger partial charge on any atom is -0.481 e. The summed E-state index contributed by atoms with van der Waals surface area (Å²) in [7, 11) is 0. The molecule has 4 nitrogen and oxygen atoms in total. The van der Waals surface area contributed by atoms with Crippen LogP contribution >= 0.6 is 0 Å². The normalized spacial score (nSPS) is 27.7. The molecule has 31 heavy (non-hydrogen) atoms. The second kappa shape index (κ2) is 10.9. The summed E-state index contributed by atoms with van der Waals surface area (Å²) in [4.78, 5) is 4.39. The van der Waals surface area contributed by atoms with Crippen molar-refractivity contribution in [1.82, 2.24) is 4.98 Å². The molecular weight excluding hydrogens is 567 g/mol. The second-order valence-corrected chi connectivity index (χ2v) is 9.07. The quantitative estimate of drug-likeness (QED) is 0.384. The van der Waals surface area contributed by atoms with Crippen LogP contribution in [-0.2, 0) is 20.1 Å². The van der Waals surface area contributed by atoms with Gasteiger partial charge in [-0.2, -0.15) is 0 Å². The molecule has 0 bridgehead atoms. The number of para-hydroxylation sites is 2. The monoisotopic (exact) mass is 599 g/mol. The summed E-state index contributed by atoms with van der Waals surface area (Å²) >= 11 is 0. The van der Waals surface area contributed by atoms with Gasteiger partial charge >= 0.3 is 0 Å². The fourth-order valence-electron chi connectivity index (χ4n) is 5.24. The van der Waals surface area contributed by atoms with Gasteiger partial charge in [0.1, 0.15) is 11.5 Å². The second-order valence-electron chi connectivity index (χ2n) is 9.07. The predicted molar refractivity (Wildman–Crippen MR) is 119 cm³/mol. The summed E-state index contributed by atoms with van der Waals surface area (Å²) in [6.45, 7) is 4.37. The maximum Gasteiger partial charge on any atom is 0.141 e. The summed E-state index contributed by atoms with van der Waals surface area (Å²) in [5, 5.41) is 20.4.